The minimum atomic E-state index is -0.317. The fourth-order valence-corrected chi connectivity index (χ4v) is 1.37. The maximum atomic E-state index is 11.4. The lowest BCUT2D eigenvalue weighted by molar-refractivity contribution is -0.129. The lowest BCUT2D eigenvalue weighted by Crippen LogP contribution is -2.31. The van der Waals surface area contributed by atoms with Gasteiger partial charge in [0.05, 0.1) is 5.25 Å². The highest BCUT2D eigenvalue weighted by Crippen LogP contribution is 2.17. The molecule has 0 radical (unpaired) electrons. The normalized spacial score (nSPS) is 28.4. The van der Waals surface area contributed by atoms with E-state index in [4.69, 9.17) is 5.73 Å². The summed E-state index contributed by atoms with van der Waals surface area (Å²) in [5.74, 6) is 0.466. The monoisotopic (exact) mass is 187 g/mol. The van der Waals surface area contributed by atoms with Gasteiger partial charge >= 0.3 is 0 Å². The predicted octanol–water partition coefficient (Wildman–Crippen LogP) is -0.497. The lowest BCUT2D eigenvalue weighted by Gasteiger charge is -2.13. The number of carbonyl (C=O) groups is 1. The SMILES string of the molecule is CN(C)C(=O)[C@@H]1CC(S)C(N)=N1. The number of nitrogens with two attached hydrogens (primary N) is 1. The van der Waals surface area contributed by atoms with Crippen LogP contribution in [-0.2, 0) is 4.79 Å². The zero-order valence-electron chi connectivity index (χ0n) is 7.19. The largest absolute Gasteiger partial charge is 0.387 e. The molecule has 0 spiro atoms. The van der Waals surface area contributed by atoms with Crippen LogP contribution in [0.15, 0.2) is 4.99 Å². The van der Waals surface area contributed by atoms with Crippen LogP contribution in [0.25, 0.3) is 0 Å². The summed E-state index contributed by atoms with van der Waals surface area (Å²) in [4.78, 5) is 16.9. The Morgan fingerprint density at radius 2 is 2.33 bits per heavy atom. The standard InChI is InChI=1S/C7H13N3OS/c1-10(2)7(11)4-3-5(12)6(8)9-4/h4-5,12H,3H2,1-2H3,(H2,8,9)/t4-,5?/m0/s1. The van der Waals surface area contributed by atoms with Crippen LogP contribution in [0.5, 0.6) is 0 Å². The Bertz CT molecular complexity index is 227. The number of hydrogen-bond acceptors (Lipinski definition) is 4. The van der Waals surface area contributed by atoms with Gasteiger partial charge in [-0.1, -0.05) is 0 Å². The van der Waals surface area contributed by atoms with Crippen LogP contribution < -0.4 is 5.73 Å². The summed E-state index contributed by atoms with van der Waals surface area (Å²) in [6.45, 7) is 0. The second kappa shape index (κ2) is 3.35. The van der Waals surface area contributed by atoms with E-state index >= 15 is 0 Å². The Balaban J connectivity index is 2.64. The van der Waals surface area contributed by atoms with Crippen molar-refractivity contribution in [2.75, 3.05) is 14.1 Å². The van der Waals surface area contributed by atoms with E-state index in [0.29, 0.717) is 12.3 Å². The van der Waals surface area contributed by atoms with Crippen LogP contribution in [0.3, 0.4) is 0 Å². The molecule has 4 nitrogen and oxygen atoms in total. The quantitative estimate of drug-likeness (QED) is 0.544. The van der Waals surface area contributed by atoms with Gasteiger partial charge in [0.25, 0.3) is 0 Å². The average molecular weight is 187 g/mol. The topological polar surface area (TPSA) is 58.7 Å². The number of carbonyl (C=O) groups excluding carboxylic acids is 1. The summed E-state index contributed by atoms with van der Waals surface area (Å²) in [7, 11) is 3.42. The maximum absolute atomic E-state index is 11.4. The van der Waals surface area contributed by atoms with Crippen LogP contribution in [0, 0.1) is 0 Å². The van der Waals surface area contributed by atoms with Gasteiger partial charge in [-0.15, -0.1) is 0 Å². The number of nitrogens with zero attached hydrogens (tertiary/aromatic N) is 2. The third-order valence-corrected chi connectivity index (χ3v) is 2.29. The average Bonchev–Trinajstić information content (AvgIpc) is 2.30. The van der Waals surface area contributed by atoms with Crippen LogP contribution in [0.1, 0.15) is 6.42 Å². The minimum absolute atomic E-state index is 0.00509. The van der Waals surface area contributed by atoms with Gasteiger partial charge < -0.3 is 10.6 Å². The van der Waals surface area contributed by atoms with Crippen molar-refractivity contribution in [2.24, 2.45) is 10.7 Å². The van der Waals surface area contributed by atoms with Gasteiger partial charge in [-0.25, -0.2) is 0 Å². The summed E-state index contributed by atoms with van der Waals surface area (Å²) in [6, 6.07) is -0.317. The van der Waals surface area contributed by atoms with Gasteiger partial charge in [0.1, 0.15) is 11.9 Å². The fraction of sp³-hybridized carbons (Fsp3) is 0.714. The highest BCUT2D eigenvalue weighted by molar-refractivity contribution is 7.81. The molecule has 1 aliphatic heterocycles. The van der Waals surface area contributed by atoms with Crippen molar-refractivity contribution in [3.05, 3.63) is 0 Å². The summed E-state index contributed by atoms with van der Waals surface area (Å²) < 4.78 is 0. The maximum Gasteiger partial charge on any atom is 0.246 e. The van der Waals surface area contributed by atoms with E-state index in [2.05, 4.69) is 17.6 Å². The van der Waals surface area contributed by atoms with Gasteiger partial charge in [0, 0.05) is 14.1 Å². The van der Waals surface area contributed by atoms with Gasteiger partial charge in [0.2, 0.25) is 5.91 Å². The van der Waals surface area contributed by atoms with Crippen LogP contribution >= 0.6 is 12.6 Å². The van der Waals surface area contributed by atoms with Crippen molar-refractivity contribution in [2.45, 2.75) is 17.7 Å². The van der Waals surface area contributed by atoms with Gasteiger partial charge in [0.15, 0.2) is 0 Å². The zero-order valence-corrected chi connectivity index (χ0v) is 8.08. The highest BCUT2D eigenvalue weighted by Gasteiger charge is 2.29. The van der Waals surface area contributed by atoms with Gasteiger partial charge in [-0.3, -0.25) is 9.79 Å². The lowest BCUT2D eigenvalue weighted by atomic mass is 10.2. The summed E-state index contributed by atoms with van der Waals surface area (Å²) >= 11 is 4.18. The van der Waals surface area contributed by atoms with Crippen LogP contribution in [0.4, 0.5) is 0 Å². The summed E-state index contributed by atoms with van der Waals surface area (Å²) in [5.41, 5.74) is 5.51. The van der Waals surface area contributed by atoms with E-state index in [1.165, 1.54) is 4.90 Å². The van der Waals surface area contributed by atoms with Crippen molar-refractivity contribution in [1.82, 2.24) is 4.90 Å². The van der Waals surface area contributed by atoms with E-state index in [1.807, 2.05) is 0 Å². The molecule has 0 bridgehead atoms. The Labute approximate surface area is 77.2 Å². The Hall–Kier alpha value is -0.710. The highest BCUT2D eigenvalue weighted by atomic mass is 32.1. The van der Waals surface area contributed by atoms with Crippen LogP contribution in [-0.4, -0.2) is 42.0 Å². The third kappa shape index (κ3) is 1.72. The van der Waals surface area contributed by atoms with Crippen LogP contribution in [0.2, 0.25) is 0 Å². The number of amidine groups is 1. The second-order valence-corrected chi connectivity index (χ2v) is 3.68. The number of rotatable bonds is 1. The molecule has 0 aromatic heterocycles. The number of thiol groups is 1. The number of hydrogen-bond donors (Lipinski definition) is 2. The molecule has 2 N–H and O–H groups in total. The molecule has 0 fully saturated rings. The first-order valence-electron chi connectivity index (χ1n) is 3.74. The molecular weight excluding hydrogens is 174 g/mol. The molecule has 1 amide bonds. The molecule has 68 valence electrons. The molecule has 12 heavy (non-hydrogen) atoms. The molecule has 1 aliphatic rings. The zero-order chi connectivity index (χ0) is 9.30. The first-order valence-corrected chi connectivity index (χ1v) is 4.26. The smallest absolute Gasteiger partial charge is 0.246 e. The van der Waals surface area contributed by atoms with Crippen molar-refractivity contribution in [1.29, 1.82) is 0 Å². The molecule has 1 heterocycles. The Kier molecular flexibility index (Phi) is 2.62. The van der Waals surface area contributed by atoms with Crippen molar-refractivity contribution < 1.29 is 4.79 Å². The summed E-state index contributed by atoms with van der Waals surface area (Å²) in [5, 5.41) is -0.0566. The van der Waals surface area contributed by atoms with E-state index in [1.54, 1.807) is 14.1 Å². The van der Waals surface area contributed by atoms with E-state index in [9.17, 15) is 4.79 Å². The molecule has 0 aliphatic carbocycles. The second-order valence-electron chi connectivity index (χ2n) is 3.05. The molecule has 0 saturated heterocycles. The van der Waals surface area contributed by atoms with Crippen molar-refractivity contribution in [3.63, 3.8) is 0 Å². The Morgan fingerprint density at radius 1 is 1.75 bits per heavy atom. The van der Waals surface area contributed by atoms with E-state index in [-0.39, 0.29) is 17.2 Å². The molecular formula is C7H13N3OS. The molecule has 5 heteroatoms. The molecule has 0 aromatic rings. The number of likely N-dealkylation sites (N-methyl/N-ethyl adjacent to an activating group) is 1. The number of amides is 1. The van der Waals surface area contributed by atoms with E-state index < -0.39 is 0 Å². The molecule has 0 aromatic carbocycles. The first-order chi connectivity index (χ1) is 5.52. The minimum Gasteiger partial charge on any atom is -0.387 e. The van der Waals surface area contributed by atoms with Crippen molar-refractivity contribution in [3.8, 4) is 0 Å². The molecule has 2 atom stereocenters. The molecule has 1 rings (SSSR count). The third-order valence-electron chi connectivity index (χ3n) is 1.82. The predicted molar refractivity (Wildman–Crippen MR) is 51.5 cm³/mol. The van der Waals surface area contributed by atoms with Gasteiger partial charge in [-0.2, -0.15) is 12.6 Å². The first kappa shape index (κ1) is 9.38. The van der Waals surface area contributed by atoms with Gasteiger partial charge in [-0.05, 0) is 6.42 Å². The summed E-state index contributed by atoms with van der Waals surface area (Å²) in [6.07, 6.45) is 0.617. The van der Waals surface area contributed by atoms with E-state index in [0.717, 1.165) is 0 Å². The fourth-order valence-electron chi connectivity index (χ4n) is 1.10. The Morgan fingerprint density at radius 3 is 2.67 bits per heavy atom. The number of aliphatic imine (C=N–C) groups is 1. The molecule has 1 unspecified atom stereocenters. The van der Waals surface area contributed by atoms with Crippen molar-refractivity contribution >= 4 is 24.4 Å². The molecule has 0 saturated carbocycles.